The minimum atomic E-state index is -1.58. The number of hydrogen-bond acceptors (Lipinski definition) is 3. The Morgan fingerprint density at radius 3 is 2.72 bits per heavy atom. The average Bonchev–Trinajstić information content (AvgIpc) is 3.12. The number of rotatable bonds is 7. The molecule has 3 nitrogen and oxygen atoms in total. The van der Waals surface area contributed by atoms with E-state index in [1.165, 1.54) is 11.1 Å². The number of allylic oxidation sites excluding steroid dienone is 6. The maximum Gasteiger partial charge on any atom is 0.193 e. The Bertz CT molecular complexity index is 817. The first-order valence-electron chi connectivity index (χ1n) is 12.5. The van der Waals surface area contributed by atoms with E-state index in [2.05, 4.69) is 32.1 Å². The van der Waals surface area contributed by atoms with Crippen molar-refractivity contribution in [1.29, 1.82) is 0 Å². The molecule has 5 atom stereocenters. The molecule has 3 aliphatic carbocycles. The van der Waals surface area contributed by atoms with Crippen LogP contribution in [0.5, 0.6) is 0 Å². The zero-order chi connectivity index (χ0) is 23.5. The summed E-state index contributed by atoms with van der Waals surface area (Å²) in [7, 11) is 0. The highest BCUT2D eigenvalue weighted by Crippen LogP contribution is 2.56. The molecule has 4 heteroatoms. The number of aliphatic hydroxyl groups excluding tert-OH is 1. The number of aliphatic hydroxyl groups is 2. The Kier molecular flexibility index (Phi) is 7.98. The standard InChI is InChI=1S/C28H41FO3/c1-5-28(32,6-2)16-7-9-19(3)23-13-14-24-20(10-8-15-27(23,24)4)11-12-21-17-22(30)18-25(29)26(21)31/h7,9,11-13,19,22,24-25,30,32H,5-6,8,10,14-18H2,1-4H3/b9-7+,20-11-,21-12+. The van der Waals surface area contributed by atoms with Crippen LogP contribution >= 0.6 is 0 Å². The highest BCUT2D eigenvalue weighted by atomic mass is 19.1. The summed E-state index contributed by atoms with van der Waals surface area (Å²) in [5, 5.41) is 20.4. The summed E-state index contributed by atoms with van der Waals surface area (Å²) in [4.78, 5) is 12.2. The van der Waals surface area contributed by atoms with Gasteiger partial charge in [0.1, 0.15) is 0 Å². The lowest BCUT2D eigenvalue weighted by molar-refractivity contribution is -0.123. The molecule has 3 aliphatic rings. The zero-order valence-electron chi connectivity index (χ0n) is 20.2. The first-order valence-corrected chi connectivity index (χ1v) is 12.5. The van der Waals surface area contributed by atoms with Crippen LogP contribution in [0.4, 0.5) is 4.39 Å². The normalized spacial score (nSPS) is 34.9. The number of alkyl halides is 1. The predicted molar refractivity (Wildman–Crippen MR) is 128 cm³/mol. The van der Waals surface area contributed by atoms with Gasteiger partial charge < -0.3 is 10.2 Å². The van der Waals surface area contributed by atoms with Gasteiger partial charge >= 0.3 is 0 Å². The number of Topliss-reactive ketones (excluding diaryl/α,β-unsaturated/α-hetero) is 1. The van der Waals surface area contributed by atoms with Crippen molar-refractivity contribution in [2.24, 2.45) is 17.3 Å². The molecule has 0 heterocycles. The van der Waals surface area contributed by atoms with Gasteiger partial charge in [-0.05, 0) is 62.2 Å². The van der Waals surface area contributed by atoms with E-state index in [9.17, 15) is 19.4 Å². The van der Waals surface area contributed by atoms with Gasteiger partial charge in [-0.25, -0.2) is 4.39 Å². The van der Waals surface area contributed by atoms with Crippen LogP contribution in [0.25, 0.3) is 0 Å². The first kappa shape index (κ1) is 25.1. The maximum atomic E-state index is 13.9. The van der Waals surface area contributed by atoms with Gasteiger partial charge in [0.15, 0.2) is 12.0 Å². The van der Waals surface area contributed by atoms with Crippen LogP contribution in [0.1, 0.15) is 85.5 Å². The van der Waals surface area contributed by atoms with Crippen molar-refractivity contribution >= 4 is 5.78 Å². The third-order valence-electron chi connectivity index (χ3n) is 8.37. The van der Waals surface area contributed by atoms with Gasteiger partial charge in [0.05, 0.1) is 11.7 Å². The summed E-state index contributed by atoms with van der Waals surface area (Å²) in [5.41, 5.74) is 2.71. The fourth-order valence-corrected chi connectivity index (χ4v) is 6.03. The van der Waals surface area contributed by atoms with E-state index in [1.54, 1.807) is 6.08 Å². The predicted octanol–water partition coefficient (Wildman–Crippen LogP) is 6.17. The highest BCUT2D eigenvalue weighted by Gasteiger charge is 2.45. The third kappa shape index (κ3) is 5.17. The van der Waals surface area contributed by atoms with Gasteiger partial charge in [0.2, 0.25) is 0 Å². The number of carbonyl (C=O) groups excluding carboxylic acids is 1. The molecule has 0 radical (unpaired) electrons. The fraction of sp³-hybridized carbons (Fsp3) is 0.679. The molecule has 0 spiro atoms. The van der Waals surface area contributed by atoms with Crippen LogP contribution in [0.2, 0.25) is 0 Å². The molecule has 5 unspecified atom stereocenters. The quantitative estimate of drug-likeness (QED) is 0.365. The average molecular weight is 445 g/mol. The summed E-state index contributed by atoms with van der Waals surface area (Å²) in [6, 6.07) is 0. The molecule has 178 valence electrons. The second kappa shape index (κ2) is 10.2. The van der Waals surface area contributed by atoms with Crippen molar-refractivity contribution in [2.75, 3.05) is 0 Å². The topological polar surface area (TPSA) is 57.5 Å². The molecule has 0 aliphatic heterocycles. The van der Waals surface area contributed by atoms with Gasteiger partial charge in [-0.1, -0.05) is 69.2 Å². The lowest BCUT2D eigenvalue weighted by Crippen LogP contribution is -2.32. The Morgan fingerprint density at radius 1 is 1.31 bits per heavy atom. The highest BCUT2D eigenvalue weighted by molar-refractivity contribution is 5.99. The lowest BCUT2D eigenvalue weighted by Gasteiger charge is -2.42. The molecule has 0 aromatic carbocycles. The van der Waals surface area contributed by atoms with E-state index in [1.807, 2.05) is 19.9 Å². The summed E-state index contributed by atoms with van der Waals surface area (Å²) in [6.07, 6.45) is 14.9. The largest absolute Gasteiger partial charge is 0.393 e. The smallest absolute Gasteiger partial charge is 0.193 e. The van der Waals surface area contributed by atoms with Gasteiger partial charge in [0, 0.05) is 18.4 Å². The number of hydrogen-bond donors (Lipinski definition) is 2. The van der Waals surface area contributed by atoms with Crippen molar-refractivity contribution < 1.29 is 19.4 Å². The number of fused-ring (bicyclic) bond motifs is 1. The molecule has 3 rings (SSSR count). The van der Waals surface area contributed by atoms with Crippen LogP contribution < -0.4 is 0 Å². The van der Waals surface area contributed by atoms with Gasteiger partial charge in [-0.15, -0.1) is 0 Å². The van der Waals surface area contributed by atoms with E-state index < -0.39 is 23.7 Å². The Morgan fingerprint density at radius 2 is 2.03 bits per heavy atom. The SMILES string of the molecule is CCC(O)(CC)C/C=C/C(C)C1=CCC2/C(=C\C=C3/CC(O)CC(F)C3=O)CCCC12C. The van der Waals surface area contributed by atoms with E-state index in [-0.39, 0.29) is 18.3 Å². The Hall–Kier alpha value is -1.52. The zero-order valence-corrected chi connectivity index (χ0v) is 20.2. The van der Waals surface area contributed by atoms with Crippen molar-refractivity contribution in [3.63, 3.8) is 0 Å². The van der Waals surface area contributed by atoms with Gasteiger partial charge in [-0.3, -0.25) is 4.79 Å². The molecule has 0 aromatic heterocycles. The van der Waals surface area contributed by atoms with Crippen LogP contribution in [0.3, 0.4) is 0 Å². The molecule has 2 saturated carbocycles. The van der Waals surface area contributed by atoms with E-state index in [0.29, 0.717) is 23.8 Å². The molecule has 0 amide bonds. The van der Waals surface area contributed by atoms with Crippen LogP contribution in [0, 0.1) is 17.3 Å². The summed E-state index contributed by atoms with van der Waals surface area (Å²) >= 11 is 0. The van der Waals surface area contributed by atoms with Crippen molar-refractivity contribution in [3.05, 3.63) is 47.1 Å². The Labute approximate surface area is 193 Å². The first-order chi connectivity index (χ1) is 15.1. The molecular formula is C28H41FO3. The minimum Gasteiger partial charge on any atom is -0.393 e. The molecule has 0 bridgehead atoms. The van der Waals surface area contributed by atoms with Crippen LogP contribution in [-0.4, -0.2) is 33.9 Å². The van der Waals surface area contributed by atoms with E-state index in [0.717, 1.165) is 38.5 Å². The number of carbonyl (C=O) groups is 1. The molecular weight excluding hydrogens is 403 g/mol. The summed E-state index contributed by atoms with van der Waals surface area (Å²) < 4.78 is 13.9. The summed E-state index contributed by atoms with van der Waals surface area (Å²) in [5.74, 6) is 0.267. The van der Waals surface area contributed by atoms with E-state index in [4.69, 9.17) is 0 Å². The minimum absolute atomic E-state index is 0.0833. The van der Waals surface area contributed by atoms with Crippen LogP contribution in [-0.2, 0) is 4.79 Å². The molecule has 2 N–H and O–H groups in total. The molecule has 0 saturated heterocycles. The molecule has 32 heavy (non-hydrogen) atoms. The maximum absolute atomic E-state index is 13.9. The number of halogens is 1. The lowest BCUT2D eigenvalue weighted by atomic mass is 9.62. The third-order valence-corrected chi connectivity index (χ3v) is 8.37. The van der Waals surface area contributed by atoms with Crippen molar-refractivity contribution in [3.8, 4) is 0 Å². The van der Waals surface area contributed by atoms with Gasteiger partial charge in [0.25, 0.3) is 0 Å². The van der Waals surface area contributed by atoms with E-state index >= 15 is 0 Å². The second-order valence-corrected chi connectivity index (χ2v) is 10.4. The van der Waals surface area contributed by atoms with Crippen molar-refractivity contribution in [2.45, 2.75) is 103 Å². The van der Waals surface area contributed by atoms with Gasteiger partial charge in [-0.2, -0.15) is 0 Å². The molecule has 0 aromatic rings. The summed E-state index contributed by atoms with van der Waals surface area (Å²) in [6.45, 7) is 8.68. The second-order valence-electron chi connectivity index (χ2n) is 10.4. The number of ketones is 1. The van der Waals surface area contributed by atoms with Crippen molar-refractivity contribution in [1.82, 2.24) is 0 Å². The molecule has 2 fully saturated rings. The van der Waals surface area contributed by atoms with Crippen LogP contribution in [0.15, 0.2) is 47.1 Å². The monoisotopic (exact) mass is 444 g/mol. The Balaban J connectivity index is 1.73. The fourth-order valence-electron chi connectivity index (χ4n) is 6.03.